The Hall–Kier alpha value is -1.94. The lowest BCUT2D eigenvalue weighted by Crippen LogP contribution is -2.31. The predicted molar refractivity (Wildman–Crippen MR) is 67.8 cm³/mol. The number of nitrogens with zero attached hydrogens (tertiary/aromatic N) is 2. The molecule has 0 atom stereocenters. The van der Waals surface area contributed by atoms with Gasteiger partial charge in [0.15, 0.2) is 0 Å². The van der Waals surface area contributed by atoms with Gasteiger partial charge in [0.1, 0.15) is 0 Å². The van der Waals surface area contributed by atoms with Gasteiger partial charge in [0.25, 0.3) is 5.91 Å². The smallest absolute Gasteiger partial charge is 0.254 e. The number of likely N-dealkylation sites (N-methyl/N-ethyl adjacent to an activating group) is 1. The number of hydrogen-bond acceptors (Lipinski definition) is 3. The van der Waals surface area contributed by atoms with Crippen LogP contribution in [0.5, 0.6) is 0 Å². The normalized spacial score (nSPS) is 10.5. The minimum Gasteiger partial charge on any atom is -0.340 e. The Morgan fingerprint density at radius 1 is 1.35 bits per heavy atom. The average molecular weight is 229 g/mol. The fourth-order valence-corrected chi connectivity index (χ4v) is 1.78. The van der Waals surface area contributed by atoms with E-state index in [4.69, 9.17) is 5.73 Å². The van der Waals surface area contributed by atoms with Gasteiger partial charge in [-0.15, -0.1) is 0 Å². The first-order chi connectivity index (χ1) is 8.24. The molecule has 0 aliphatic carbocycles. The average Bonchev–Trinajstić information content (AvgIpc) is 2.37. The van der Waals surface area contributed by atoms with Gasteiger partial charge in [-0.05, 0) is 12.1 Å². The molecule has 1 aromatic carbocycles. The maximum Gasteiger partial charge on any atom is 0.254 e. The Balaban J connectivity index is 2.45. The number of pyridine rings is 1. The number of amides is 1. The van der Waals surface area contributed by atoms with Gasteiger partial charge in [0.05, 0.1) is 11.1 Å². The van der Waals surface area contributed by atoms with Crippen LogP contribution in [-0.2, 0) is 0 Å². The summed E-state index contributed by atoms with van der Waals surface area (Å²) in [6.45, 7) is 1.01. The zero-order valence-corrected chi connectivity index (χ0v) is 9.76. The van der Waals surface area contributed by atoms with Gasteiger partial charge < -0.3 is 10.6 Å². The van der Waals surface area contributed by atoms with Crippen LogP contribution in [0.15, 0.2) is 36.5 Å². The van der Waals surface area contributed by atoms with E-state index in [1.165, 1.54) is 0 Å². The van der Waals surface area contributed by atoms with Crippen LogP contribution in [-0.4, -0.2) is 35.9 Å². The highest BCUT2D eigenvalue weighted by Gasteiger charge is 2.13. The summed E-state index contributed by atoms with van der Waals surface area (Å²) in [7, 11) is 1.75. The van der Waals surface area contributed by atoms with E-state index in [9.17, 15) is 4.79 Å². The highest BCUT2D eigenvalue weighted by atomic mass is 16.2. The molecular weight excluding hydrogens is 214 g/mol. The van der Waals surface area contributed by atoms with Crippen molar-refractivity contribution >= 4 is 16.8 Å². The molecule has 2 aromatic rings. The van der Waals surface area contributed by atoms with Crippen molar-refractivity contribution in [1.29, 1.82) is 0 Å². The quantitative estimate of drug-likeness (QED) is 0.862. The number of carbonyl (C=O) groups is 1. The highest BCUT2D eigenvalue weighted by molar-refractivity contribution is 6.05. The van der Waals surface area contributed by atoms with E-state index in [1.54, 1.807) is 24.2 Å². The molecule has 0 fully saturated rings. The molecule has 2 rings (SSSR count). The van der Waals surface area contributed by atoms with Gasteiger partial charge in [0, 0.05) is 31.7 Å². The standard InChI is InChI=1S/C13H15N3O/c1-16(9-7-14)13(17)11-6-8-15-12-5-3-2-4-10(11)12/h2-6,8H,7,9,14H2,1H3. The molecule has 0 aliphatic heterocycles. The number of para-hydroxylation sites is 1. The summed E-state index contributed by atoms with van der Waals surface area (Å²) in [4.78, 5) is 18.1. The van der Waals surface area contributed by atoms with E-state index in [0.29, 0.717) is 18.7 Å². The lowest BCUT2D eigenvalue weighted by atomic mass is 10.1. The maximum atomic E-state index is 12.2. The number of carbonyl (C=O) groups excluding carboxylic acids is 1. The zero-order valence-electron chi connectivity index (χ0n) is 9.76. The molecule has 0 spiro atoms. The first-order valence-electron chi connectivity index (χ1n) is 5.53. The van der Waals surface area contributed by atoms with Gasteiger partial charge in [-0.1, -0.05) is 18.2 Å². The lowest BCUT2D eigenvalue weighted by molar-refractivity contribution is 0.0801. The van der Waals surface area contributed by atoms with E-state index >= 15 is 0 Å². The molecule has 0 unspecified atom stereocenters. The molecule has 0 saturated carbocycles. The predicted octanol–water partition coefficient (Wildman–Crippen LogP) is 1.27. The Kier molecular flexibility index (Phi) is 3.35. The molecule has 1 heterocycles. The molecule has 4 heteroatoms. The largest absolute Gasteiger partial charge is 0.340 e. The molecule has 1 aromatic heterocycles. The van der Waals surface area contributed by atoms with E-state index in [-0.39, 0.29) is 5.91 Å². The van der Waals surface area contributed by atoms with E-state index in [1.807, 2.05) is 24.3 Å². The summed E-state index contributed by atoms with van der Waals surface area (Å²) < 4.78 is 0. The van der Waals surface area contributed by atoms with Gasteiger partial charge in [0.2, 0.25) is 0 Å². The molecule has 2 N–H and O–H groups in total. The minimum atomic E-state index is -0.0194. The van der Waals surface area contributed by atoms with Crippen LogP contribution in [0, 0.1) is 0 Å². The molecule has 4 nitrogen and oxygen atoms in total. The van der Waals surface area contributed by atoms with Gasteiger partial charge in [-0.25, -0.2) is 0 Å². The third-order valence-electron chi connectivity index (χ3n) is 2.69. The van der Waals surface area contributed by atoms with Crippen molar-refractivity contribution in [2.45, 2.75) is 0 Å². The maximum absolute atomic E-state index is 12.2. The molecule has 1 amide bonds. The molecule has 0 radical (unpaired) electrons. The zero-order chi connectivity index (χ0) is 12.3. The van der Waals surface area contributed by atoms with Crippen LogP contribution in [0.2, 0.25) is 0 Å². The summed E-state index contributed by atoms with van der Waals surface area (Å²) in [6, 6.07) is 9.37. The summed E-state index contributed by atoms with van der Waals surface area (Å²) >= 11 is 0. The van der Waals surface area contributed by atoms with E-state index < -0.39 is 0 Å². The monoisotopic (exact) mass is 229 g/mol. The topological polar surface area (TPSA) is 59.2 Å². The Morgan fingerprint density at radius 3 is 2.88 bits per heavy atom. The second-order valence-corrected chi connectivity index (χ2v) is 3.89. The first kappa shape index (κ1) is 11.5. The summed E-state index contributed by atoms with van der Waals surface area (Å²) in [5.74, 6) is -0.0194. The fourth-order valence-electron chi connectivity index (χ4n) is 1.78. The van der Waals surface area contributed by atoms with Crippen LogP contribution < -0.4 is 5.73 Å². The van der Waals surface area contributed by atoms with Gasteiger partial charge >= 0.3 is 0 Å². The van der Waals surface area contributed by atoms with Crippen LogP contribution in [0.25, 0.3) is 10.9 Å². The number of hydrogen-bond donors (Lipinski definition) is 1. The minimum absolute atomic E-state index is 0.0194. The molecule has 17 heavy (non-hydrogen) atoms. The first-order valence-corrected chi connectivity index (χ1v) is 5.53. The van der Waals surface area contributed by atoms with Crippen molar-refractivity contribution in [2.75, 3.05) is 20.1 Å². The van der Waals surface area contributed by atoms with Crippen LogP contribution in [0.1, 0.15) is 10.4 Å². The molecule has 0 saturated heterocycles. The Labute approximate surface area is 100 Å². The number of aromatic nitrogens is 1. The Bertz CT molecular complexity index is 534. The highest BCUT2D eigenvalue weighted by Crippen LogP contribution is 2.17. The third-order valence-corrected chi connectivity index (χ3v) is 2.69. The van der Waals surface area contributed by atoms with Crippen molar-refractivity contribution in [2.24, 2.45) is 5.73 Å². The van der Waals surface area contributed by atoms with Crippen molar-refractivity contribution in [3.05, 3.63) is 42.1 Å². The third kappa shape index (κ3) is 2.26. The van der Waals surface area contributed by atoms with Gasteiger partial charge in [-0.2, -0.15) is 0 Å². The van der Waals surface area contributed by atoms with Crippen molar-refractivity contribution < 1.29 is 4.79 Å². The second-order valence-electron chi connectivity index (χ2n) is 3.89. The van der Waals surface area contributed by atoms with Crippen molar-refractivity contribution in [3.8, 4) is 0 Å². The lowest BCUT2D eigenvalue weighted by Gasteiger charge is -2.16. The summed E-state index contributed by atoms with van der Waals surface area (Å²) in [5, 5.41) is 0.879. The second kappa shape index (κ2) is 4.93. The van der Waals surface area contributed by atoms with Gasteiger partial charge in [-0.3, -0.25) is 9.78 Å². The number of rotatable bonds is 3. The number of fused-ring (bicyclic) bond motifs is 1. The Morgan fingerprint density at radius 2 is 2.12 bits per heavy atom. The molecule has 0 bridgehead atoms. The van der Waals surface area contributed by atoms with Crippen molar-refractivity contribution in [3.63, 3.8) is 0 Å². The van der Waals surface area contributed by atoms with Crippen LogP contribution >= 0.6 is 0 Å². The number of benzene rings is 1. The van der Waals surface area contributed by atoms with Crippen molar-refractivity contribution in [1.82, 2.24) is 9.88 Å². The van der Waals surface area contributed by atoms with Crippen LogP contribution in [0.3, 0.4) is 0 Å². The summed E-state index contributed by atoms with van der Waals surface area (Å²) in [6.07, 6.45) is 1.66. The molecule has 0 aliphatic rings. The fraction of sp³-hybridized carbons (Fsp3) is 0.231. The number of nitrogens with two attached hydrogens (primary N) is 1. The van der Waals surface area contributed by atoms with Crippen LogP contribution in [0.4, 0.5) is 0 Å². The van der Waals surface area contributed by atoms with E-state index in [2.05, 4.69) is 4.98 Å². The van der Waals surface area contributed by atoms with E-state index in [0.717, 1.165) is 10.9 Å². The SMILES string of the molecule is CN(CCN)C(=O)c1ccnc2ccccc12. The molecule has 88 valence electrons. The molecular formula is C13H15N3O. The summed E-state index contributed by atoms with van der Waals surface area (Å²) in [5.41, 5.74) is 6.96.